The van der Waals surface area contributed by atoms with Gasteiger partial charge >= 0.3 is 0 Å². The third kappa shape index (κ3) is 2.32. The van der Waals surface area contributed by atoms with E-state index in [0.717, 1.165) is 22.4 Å². The number of hydrogen-bond donors (Lipinski definition) is 1. The third-order valence-electron chi connectivity index (χ3n) is 3.43. The Morgan fingerprint density at radius 1 is 1.09 bits per heavy atom. The molecule has 22 heavy (non-hydrogen) atoms. The summed E-state index contributed by atoms with van der Waals surface area (Å²) in [4.78, 5) is 8.57. The van der Waals surface area contributed by atoms with Gasteiger partial charge in [0.1, 0.15) is 11.3 Å². The SMILES string of the molecule is c1cncc(-c2n[nH]c(CCn3nnc4ccccc43)n2)c1. The van der Waals surface area contributed by atoms with E-state index in [-0.39, 0.29) is 0 Å². The summed E-state index contributed by atoms with van der Waals surface area (Å²) in [5.41, 5.74) is 2.82. The molecule has 0 aliphatic carbocycles. The van der Waals surface area contributed by atoms with Crippen LogP contribution in [0.5, 0.6) is 0 Å². The van der Waals surface area contributed by atoms with Gasteiger partial charge in [-0.3, -0.25) is 10.1 Å². The van der Waals surface area contributed by atoms with E-state index in [1.54, 1.807) is 12.4 Å². The fourth-order valence-corrected chi connectivity index (χ4v) is 2.33. The Kier molecular flexibility index (Phi) is 3.08. The fourth-order valence-electron chi connectivity index (χ4n) is 2.33. The number of nitrogens with one attached hydrogen (secondary N) is 1. The standard InChI is InChI=1S/C15H13N7/c1-2-6-13-12(5-1)18-21-22(13)9-7-14-17-15(20-19-14)11-4-3-8-16-10-11/h1-6,8,10H,7,9H2,(H,17,19,20). The number of nitrogens with zero attached hydrogens (tertiary/aromatic N) is 6. The molecule has 4 aromatic rings. The number of fused-ring (bicyclic) bond motifs is 1. The van der Waals surface area contributed by atoms with Crippen LogP contribution in [0.3, 0.4) is 0 Å². The van der Waals surface area contributed by atoms with Crippen LogP contribution >= 0.6 is 0 Å². The molecule has 0 bridgehead atoms. The average Bonchev–Trinajstić information content (AvgIpc) is 3.21. The second kappa shape index (κ2) is 5.36. The molecule has 0 aliphatic heterocycles. The predicted molar refractivity (Wildman–Crippen MR) is 80.8 cm³/mol. The smallest absolute Gasteiger partial charge is 0.182 e. The van der Waals surface area contributed by atoms with Gasteiger partial charge in [0.15, 0.2) is 5.82 Å². The summed E-state index contributed by atoms with van der Waals surface area (Å²) >= 11 is 0. The van der Waals surface area contributed by atoms with Crippen molar-refractivity contribution in [3.8, 4) is 11.4 Å². The van der Waals surface area contributed by atoms with Crippen LogP contribution in [0.2, 0.25) is 0 Å². The highest BCUT2D eigenvalue weighted by Gasteiger charge is 2.08. The highest BCUT2D eigenvalue weighted by molar-refractivity contribution is 5.73. The number of H-pyrrole nitrogens is 1. The van der Waals surface area contributed by atoms with E-state index in [9.17, 15) is 0 Å². The highest BCUT2D eigenvalue weighted by Crippen LogP contribution is 2.13. The van der Waals surface area contributed by atoms with Crippen molar-refractivity contribution < 1.29 is 0 Å². The summed E-state index contributed by atoms with van der Waals surface area (Å²) < 4.78 is 1.88. The number of para-hydroxylation sites is 1. The number of aryl methyl sites for hydroxylation is 2. The normalized spacial score (nSPS) is 11.1. The van der Waals surface area contributed by atoms with E-state index in [2.05, 4.69) is 30.5 Å². The van der Waals surface area contributed by atoms with Crippen molar-refractivity contribution in [1.82, 2.24) is 35.2 Å². The van der Waals surface area contributed by atoms with Gasteiger partial charge in [0, 0.05) is 24.4 Å². The lowest BCUT2D eigenvalue weighted by atomic mass is 10.3. The topological polar surface area (TPSA) is 85.2 Å². The lowest BCUT2D eigenvalue weighted by Crippen LogP contribution is -2.04. The maximum Gasteiger partial charge on any atom is 0.182 e. The second-order valence-electron chi connectivity index (χ2n) is 4.90. The van der Waals surface area contributed by atoms with E-state index < -0.39 is 0 Å². The molecule has 3 aromatic heterocycles. The molecule has 0 amide bonds. The molecule has 3 heterocycles. The minimum Gasteiger partial charge on any atom is -0.264 e. The number of hydrogen-bond acceptors (Lipinski definition) is 5. The van der Waals surface area contributed by atoms with Crippen LogP contribution < -0.4 is 0 Å². The number of pyridine rings is 1. The first-order valence-electron chi connectivity index (χ1n) is 7.00. The Labute approximate surface area is 126 Å². The van der Waals surface area contributed by atoms with Gasteiger partial charge in [0.05, 0.1) is 12.1 Å². The van der Waals surface area contributed by atoms with Crippen molar-refractivity contribution in [3.63, 3.8) is 0 Å². The molecular weight excluding hydrogens is 278 g/mol. The van der Waals surface area contributed by atoms with Gasteiger partial charge in [-0.15, -0.1) is 5.10 Å². The summed E-state index contributed by atoms with van der Waals surface area (Å²) in [5, 5.41) is 15.5. The highest BCUT2D eigenvalue weighted by atomic mass is 15.4. The molecule has 108 valence electrons. The minimum atomic E-state index is 0.659. The minimum absolute atomic E-state index is 0.659. The van der Waals surface area contributed by atoms with E-state index in [1.165, 1.54) is 0 Å². The van der Waals surface area contributed by atoms with Gasteiger partial charge in [-0.2, -0.15) is 5.10 Å². The molecule has 7 nitrogen and oxygen atoms in total. The van der Waals surface area contributed by atoms with E-state index in [1.807, 2.05) is 41.1 Å². The molecule has 0 saturated heterocycles. The molecule has 0 fully saturated rings. The third-order valence-corrected chi connectivity index (χ3v) is 3.43. The van der Waals surface area contributed by atoms with Crippen molar-refractivity contribution in [2.75, 3.05) is 0 Å². The Balaban J connectivity index is 1.52. The molecular formula is C15H13N7. The molecule has 4 rings (SSSR count). The summed E-state index contributed by atoms with van der Waals surface area (Å²) in [7, 11) is 0. The Hall–Kier alpha value is -3.09. The Morgan fingerprint density at radius 3 is 2.95 bits per heavy atom. The van der Waals surface area contributed by atoms with Gasteiger partial charge in [-0.05, 0) is 24.3 Å². The number of benzene rings is 1. The number of rotatable bonds is 4. The average molecular weight is 291 g/mol. The van der Waals surface area contributed by atoms with Crippen molar-refractivity contribution in [3.05, 3.63) is 54.6 Å². The van der Waals surface area contributed by atoms with Crippen LogP contribution in [-0.2, 0) is 13.0 Å². The first-order chi connectivity index (χ1) is 10.9. The lowest BCUT2D eigenvalue weighted by molar-refractivity contribution is 0.595. The molecule has 0 atom stereocenters. The van der Waals surface area contributed by atoms with Crippen molar-refractivity contribution in [1.29, 1.82) is 0 Å². The zero-order chi connectivity index (χ0) is 14.8. The van der Waals surface area contributed by atoms with Gasteiger partial charge in [-0.25, -0.2) is 9.67 Å². The zero-order valence-corrected chi connectivity index (χ0v) is 11.7. The monoisotopic (exact) mass is 291 g/mol. The fraction of sp³-hybridized carbons (Fsp3) is 0.133. The van der Waals surface area contributed by atoms with Crippen LogP contribution in [0.1, 0.15) is 5.82 Å². The molecule has 0 aliphatic rings. The van der Waals surface area contributed by atoms with Gasteiger partial charge < -0.3 is 0 Å². The Bertz CT molecular complexity index is 894. The molecule has 0 spiro atoms. The van der Waals surface area contributed by atoms with Gasteiger partial charge in [-0.1, -0.05) is 17.3 Å². The summed E-state index contributed by atoms with van der Waals surface area (Å²) in [6, 6.07) is 11.7. The molecule has 7 heteroatoms. The van der Waals surface area contributed by atoms with Crippen molar-refractivity contribution in [2.45, 2.75) is 13.0 Å². The van der Waals surface area contributed by atoms with Crippen molar-refractivity contribution >= 4 is 11.0 Å². The maximum atomic E-state index is 4.49. The van der Waals surface area contributed by atoms with E-state index in [0.29, 0.717) is 18.8 Å². The number of aromatic nitrogens is 7. The largest absolute Gasteiger partial charge is 0.264 e. The van der Waals surface area contributed by atoms with Crippen LogP contribution in [0.25, 0.3) is 22.4 Å². The summed E-state index contributed by atoms with van der Waals surface area (Å²) in [6.45, 7) is 0.697. The molecule has 1 aromatic carbocycles. The zero-order valence-electron chi connectivity index (χ0n) is 11.7. The van der Waals surface area contributed by atoms with E-state index >= 15 is 0 Å². The van der Waals surface area contributed by atoms with Gasteiger partial charge in [0.2, 0.25) is 0 Å². The molecule has 0 saturated carbocycles. The summed E-state index contributed by atoms with van der Waals surface area (Å²) in [6.07, 6.45) is 4.19. The molecule has 1 N–H and O–H groups in total. The first kappa shape index (κ1) is 12.6. The van der Waals surface area contributed by atoms with Crippen LogP contribution in [0, 0.1) is 0 Å². The quantitative estimate of drug-likeness (QED) is 0.620. The van der Waals surface area contributed by atoms with Gasteiger partial charge in [0.25, 0.3) is 0 Å². The van der Waals surface area contributed by atoms with E-state index in [4.69, 9.17) is 0 Å². The maximum absolute atomic E-state index is 4.49. The lowest BCUT2D eigenvalue weighted by Gasteiger charge is -1.99. The van der Waals surface area contributed by atoms with Crippen LogP contribution in [0.15, 0.2) is 48.8 Å². The van der Waals surface area contributed by atoms with Crippen molar-refractivity contribution in [2.24, 2.45) is 0 Å². The predicted octanol–water partition coefficient (Wildman–Crippen LogP) is 1.85. The van der Waals surface area contributed by atoms with Crippen LogP contribution in [0.4, 0.5) is 0 Å². The first-order valence-corrected chi connectivity index (χ1v) is 7.00. The summed E-state index contributed by atoms with van der Waals surface area (Å²) in [5.74, 6) is 1.48. The molecule has 0 radical (unpaired) electrons. The molecule has 0 unspecified atom stereocenters. The van der Waals surface area contributed by atoms with Crippen LogP contribution in [-0.4, -0.2) is 35.2 Å². The Morgan fingerprint density at radius 2 is 2.05 bits per heavy atom. The number of aromatic amines is 1. The second-order valence-corrected chi connectivity index (χ2v) is 4.90.